The number of nitrogens with one attached hydrogen (secondary N) is 2. The van der Waals surface area contributed by atoms with Crippen molar-refractivity contribution in [3.63, 3.8) is 0 Å². The van der Waals surface area contributed by atoms with Gasteiger partial charge in [0.2, 0.25) is 5.95 Å². The first-order valence-electron chi connectivity index (χ1n) is 10.2. The summed E-state index contributed by atoms with van der Waals surface area (Å²) < 4.78 is 1.03. The summed E-state index contributed by atoms with van der Waals surface area (Å²) in [5, 5.41) is 8.35. The quantitative estimate of drug-likeness (QED) is 0.582. The fourth-order valence-corrected chi connectivity index (χ4v) is 4.62. The first-order valence-corrected chi connectivity index (χ1v) is 11.0. The molecule has 0 radical (unpaired) electrons. The molecule has 2 aromatic rings. The number of hydrogen-bond acceptors (Lipinski definition) is 4. The summed E-state index contributed by atoms with van der Waals surface area (Å²) in [5.74, 6) is 3.29. The van der Waals surface area contributed by atoms with Gasteiger partial charge in [-0.1, -0.05) is 32.3 Å². The van der Waals surface area contributed by atoms with E-state index in [0.717, 1.165) is 51.9 Å². The summed E-state index contributed by atoms with van der Waals surface area (Å²) in [6.45, 7) is 3.24. The van der Waals surface area contributed by atoms with Crippen LogP contribution in [0.5, 0.6) is 0 Å². The molecule has 0 aliphatic heterocycles. The third-order valence-corrected chi connectivity index (χ3v) is 6.54. The smallest absolute Gasteiger partial charge is 0.225 e. The van der Waals surface area contributed by atoms with E-state index in [-0.39, 0.29) is 0 Å². The number of anilines is 2. The third kappa shape index (κ3) is 4.13. The van der Waals surface area contributed by atoms with E-state index >= 15 is 0 Å². The van der Waals surface area contributed by atoms with Crippen LogP contribution >= 0.6 is 15.9 Å². The molecule has 1 aromatic carbocycles. The highest BCUT2D eigenvalue weighted by atomic mass is 79.9. The number of para-hydroxylation sites is 1. The van der Waals surface area contributed by atoms with Gasteiger partial charge in [-0.05, 0) is 72.0 Å². The molecule has 0 spiro atoms. The van der Waals surface area contributed by atoms with Crippen LogP contribution in [0.1, 0.15) is 58.3 Å². The van der Waals surface area contributed by atoms with Gasteiger partial charge >= 0.3 is 0 Å². The molecule has 0 unspecified atom stereocenters. The van der Waals surface area contributed by atoms with Gasteiger partial charge in [0.1, 0.15) is 5.82 Å². The molecule has 2 saturated carbocycles. The third-order valence-electron chi connectivity index (χ3n) is 5.90. The Balaban J connectivity index is 1.59. The van der Waals surface area contributed by atoms with Crippen molar-refractivity contribution in [2.75, 3.05) is 17.2 Å². The summed E-state index contributed by atoms with van der Waals surface area (Å²) in [6, 6.07) is 6.75. The second-order valence-corrected chi connectivity index (χ2v) is 8.77. The molecular weight excluding hydrogens is 388 g/mol. The van der Waals surface area contributed by atoms with Crippen molar-refractivity contribution in [1.29, 1.82) is 0 Å². The molecule has 2 fully saturated rings. The maximum absolute atomic E-state index is 4.87. The highest BCUT2D eigenvalue weighted by Crippen LogP contribution is 2.37. The maximum Gasteiger partial charge on any atom is 0.225 e. The second-order valence-electron chi connectivity index (χ2n) is 7.91. The van der Waals surface area contributed by atoms with Gasteiger partial charge in [0.25, 0.3) is 0 Å². The average molecular weight is 417 g/mol. The lowest BCUT2D eigenvalue weighted by Crippen LogP contribution is -2.23. The molecule has 2 aliphatic carbocycles. The summed E-state index contributed by atoms with van der Waals surface area (Å²) in [4.78, 5) is 9.67. The molecule has 5 heteroatoms. The molecule has 2 aliphatic rings. The van der Waals surface area contributed by atoms with E-state index in [9.17, 15) is 0 Å². The van der Waals surface area contributed by atoms with Crippen molar-refractivity contribution in [1.82, 2.24) is 9.97 Å². The summed E-state index contributed by atoms with van der Waals surface area (Å²) >= 11 is 3.67. The highest BCUT2D eigenvalue weighted by Gasteiger charge is 2.30. The standard InChI is InChI=1S/C21H29BrN4/c1-2-18(15-11-12-15)24-20-16-9-6-10-17(22)19(16)25-21(26-20)23-13-14-7-4-3-5-8-14/h6,9-10,14-15,18H,2-5,7-8,11-13H2,1H3,(H2,23,24,25,26)/t18-/m1/s1. The Bertz CT molecular complexity index is 753. The Labute approximate surface area is 164 Å². The minimum absolute atomic E-state index is 0.512. The van der Waals surface area contributed by atoms with Gasteiger partial charge in [-0.15, -0.1) is 0 Å². The topological polar surface area (TPSA) is 49.8 Å². The zero-order chi connectivity index (χ0) is 17.9. The zero-order valence-corrected chi connectivity index (χ0v) is 17.2. The largest absolute Gasteiger partial charge is 0.366 e. The highest BCUT2D eigenvalue weighted by molar-refractivity contribution is 9.10. The molecule has 4 nitrogen and oxygen atoms in total. The summed E-state index contributed by atoms with van der Waals surface area (Å²) in [5.41, 5.74) is 0.988. The van der Waals surface area contributed by atoms with Gasteiger partial charge in [0.15, 0.2) is 0 Å². The minimum Gasteiger partial charge on any atom is -0.366 e. The molecule has 1 aromatic heterocycles. The molecule has 26 heavy (non-hydrogen) atoms. The lowest BCUT2D eigenvalue weighted by Gasteiger charge is -2.22. The SMILES string of the molecule is CC[C@@H](Nc1nc(NCC2CCCCC2)nc2c(Br)cccc12)C1CC1. The Morgan fingerprint density at radius 2 is 1.92 bits per heavy atom. The van der Waals surface area contributed by atoms with E-state index in [0.29, 0.717) is 6.04 Å². The fraction of sp³-hybridized carbons (Fsp3) is 0.619. The fourth-order valence-electron chi connectivity index (χ4n) is 4.16. The van der Waals surface area contributed by atoms with E-state index in [1.807, 2.05) is 0 Å². The van der Waals surface area contributed by atoms with Crippen molar-refractivity contribution in [3.05, 3.63) is 22.7 Å². The van der Waals surface area contributed by atoms with Crippen LogP contribution in [0.15, 0.2) is 22.7 Å². The van der Waals surface area contributed by atoms with Crippen LogP contribution in [0.3, 0.4) is 0 Å². The van der Waals surface area contributed by atoms with E-state index in [2.05, 4.69) is 51.7 Å². The van der Waals surface area contributed by atoms with Gasteiger partial charge in [0, 0.05) is 22.4 Å². The Kier molecular flexibility index (Phi) is 5.63. The first-order chi connectivity index (χ1) is 12.7. The zero-order valence-electron chi connectivity index (χ0n) is 15.6. The molecule has 1 heterocycles. The number of rotatable bonds is 7. The Morgan fingerprint density at radius 1 is 1.12 bits per heavy atom. The van der Waals surface area contributed by atoms with Gasteiger partial charge in [0.05, 0.1) is 5.52 Å². The summed E-state index contributed by atoms with van der Waals surface area (Å²) in [6.07, 6.45) is 10.6. The summed E-state index contributed by atoms with van der Waals surface area (Å²) in [7, 11) is 0. The van der Waals surface area contributed by atoms with Crippen molar-refractivity contribution >= 4 is 38.6 Å². The number of hydrogen-bond donors (Lipinski definition) is 2. The molecule has 0 saturated heterocycles. The second kappa shape index (κ2) is 8.12. The van der Waals surface area contributed by atoms with Crippen LogP contribution in [0, 0.1) is 11.8 Å². The van der Waals surface area contributed by atoms with Crippen LogP contribution in [-0.2, 0) is 0 Å². The van der Waals surface area contributed by atoms with E-state index in [1.165, 1.54) is 44.9 Å². The molecule has 2 N–H and O–H groups in total. The molecule has 0 amide bonds. The molecule has 0 bridgehead atoms. The number of aromatic nitrogens is 2. The first kappa shape index (κ1) is 18.0. The normalized spacial score (nSPS) is 19.5. The molecule has 140 valence electrons. The molecule has 1 atom stereocenters. The molecule has 4 rings (SSSR count). The number of nitrogens with zero attached hydrogens (tertiary/aromatic N) is 2. The van der Waals surface area contributed by atoms with Gasteiger partial charge in [-0.25, -0.2) is 4.98 Å². The lowest BCUT2D eigenvalue weighted by molar-refractivity contribution is 0.373. The van der Waals surface area contributed by atoms with Crippen LogP contribution in [0.2, 0.25) is 0 Å². The van der Waals surface area contributed by atoms with E-state index < -0.39 is 0 Å². The number of halogens is 1. The van der Waals surface area contributed by atoms with Gasteiger partial charge < -0.3 is 10.6 Å². The van der Waals surface area contributed by atoms with Gasteiger partial charge in [-0.2, -0.15) is 4.98 Å². The van der Waals surface area contributed by atoms with Crippen LogP contribution in [0.25, 0.3) is 10.9 Å². The molecular formula is C21H29BrN4. The Hall–Kier alpha value is -1.36. The van der Waals surface area contributed by atoms with E-state index in [4.69, 9.17) is 9.97 Å². The van der Waals surface area contributed by atoms with Crippen molar-refractivity contribution in [2.45, 2.75) is 64.3 Å². The monoisotopic (exact) mass is 416 g/mol. The predicted octanol–water partition coefficient (Wildman–Crippen LogP) is 5.99. The number of fused-ring (bicyclic) bond motifs is 1. The average Bonchev–Trinajstić information content (AvgIpc) is 3.51. The maximum atomic E-state index is 4.87. The number of benzene rings is 1. The minimum atomic E-state index is 0.512. The van der Waals surface area contributed by atoms with Crippen LogP contribution in [-0.4, -0.2) is 22.6 Å². The lowest BCUT2D eigenvalue weighted by atomic mass is 9.89. The van der Waals surface area contributed by atoms with Crippen molar-refractivity contribution < 1.29 is 0 Å². The van der Waals surface area contributed by atoms with Crippen molar-refractivity contribution in [3.8, 4) is 0 Å². The van der Waals surface area contributed by atoms with Crippen LogP contribution in [0.4, 0.5) is 11.8 Å². The van der Waals surface area contributed by atoms with Gasteiger partial charge in [-0.3, -0.25) is 0 Å². The Morgan fingerprint density at radius 3 is 2.65 bits per heavy atom. The van der Waals surface area contributed by atoms with Crippen LogP contribution < -0.4 is 10.6 Å². The predicted molar refractivity (Wildman–Crippen MR) is 113 cm³/mol. The van der Waals surface area contributed by atoms with E-state index in [1.54, 1.807) is 0 Å². The van der Waals surface area contributed by atoms with Crippen molar-refractivity contribution in [2.24, 2.45) is 11.8 Å².